The first-order valence-corrected chi connectivity index (χ1v) is 10.4. The summed E-state index contributed by atoms with van der Waals surface area (Å²) in [4.78, 5) is 15.5. The van der Waals surface area contributed by atoms with E-state index in [1.54, 1.807) is 17.1 Å². The Morgan fingerprint density at radius 2 is 2.17 bits per heavy atom. The third kappa shape index (κ3) is 2.97. The molecule has 2 aliphatic rings. The molecule has 1 amide bonds. The molecule has 1 saturated heterocycles. The van der Waals surface area contributed by atoms with E-state index in [9.17, 15) is 4.79 Å². The molecule has 1 fully saturated rings. The van der Waals surface area contributed by atoms with Gasteiger partial charge in [0, 0.05) is 36.8 Å². The van der Waals surface area contributed by atoms with Crippen molar-refractivity contribution in [1.82, 2.24) is 25.3 Å². The lowest BCUT2D eigenvalue weighted by atomic mass is 10.0. The van der Waals surface area contributed by atoms with Crippen molar-refractivity contribution in [2.45, 2.75) is 25.8 Å². The average Bonchev–Trinajstić information content (AvgIpc) is 3.47. The number of benzene rings is 1. The summed E-state index contributed by atoms with van der Waals surface area (Å²) >= 11 is 6.54. The zero-order chi connectivity index (χ0) is 20.8. The smallest absolute Gasteiger partial charge is 0.259 e. The number of hydrogen-bond acceptors (Lipinski definition) is 6. The fraction of sp³-hybridized carbons (Fsp3) is 0.350. The number of nitrogen functional groups attached to an aromatic ring is 1. The van der Waals surface area contributed by atoms with Crippen LogP contribution < -0.4 is 21.3 Å². The second kappa shape index (κ2) is 7.24. The molecule has 2 aromatic heterocycles. The number of nitrogens with zero attached hydrogens (tertiary/aromatic N) is 4. The second-order valence-corrected chi connectivity index (χ2v) is 8.07. The van der Waals surface area contributed by atoms with Crippen molar-refractivity contribution in [3.63, 3.8) is 0 Å². The Labute approximate surface area is 178 Å². The van der Waals surface area contributed by atoms with Crippen LogP contribution in [0.3, 0.4) is 0 Å². The molecule has 1 unspecified atom stereocenters. The van der Waals surface area contributed by atoms with Crippen LogP contribution in [0.2, 0.25) is 5.02 Å². The number of rotatable bonds is 4. The molecular formula is C20H23ClN8O. The minimum atomic E-state index is -0.299. The summed E-state index contributed by atoms with van der Waals surface area (Å²) in [7, 11) is 0. The number of nitrogens with one attached hydrogen (secondary N) is 3. The van der Waals surface area contributed by atoms with Crippen LogP contribution in [0.1, 0.15) is 41.7 Å². The number of halogens is 1. The summed E-state index contributed by atoms with van der Waals surface area (Å²) in [6.45, 7) is 4.49. The van der Waals surface area contributed by atoms with Gasteiger partial charge in [0.15, 0.2) is 5.82 Å². The van der Waals surface area contributed by atoms with Crippen molar-refractivity contribution in [2.24, 2.45) is 0 Å². The van der Waals surface area contributed by atoms with E-state index in [0.717, 1.165) is 48.1 Å². The topological polar surface area (TPSA) is 117 Å². The van der Waals surface area contributed by atoms with Gasteiger partial charge in [-0.25, -0.2) is 4.68 Å². The fourth-order valence-corrected chi connectivity index (χ4v) is 4.55. The number of fused-ring (bicyclic) bond motifs is 2. The molecular weight excluding hydrogens is 404 g/mol. The zero-order valence-electron chi connectivity index (χ0n) is 16.6. The number of carbonyl (C=O) groups excluding carboxylic acids is 1. The third-order valence-electron chi connectivity index (χ3n) is 5.72. The minimum absolute atomic E-state index is 0.190. The molecule has 156 valence electrons. The first kappa shape index (κ1) is 18.8. The van der Waals surface area contributed by atoms with Crippen molar-refractivity contribution in [3.05, 3.63) is 34.5 Å². The highest BCUT2D eigenvalue weighted by molar-refractivity contribution is 6.36. The van der Waals surface area contributed by atoms with Crippen LogP contribution >= 0.6 is 11.6 Å². The van der Waals surface area contributed by atoms with Gasteiger partial charge in [-0.15, -0.1) is 5.10 Å². The minimum Gasteiger partial charge on any atom is -0.381 e. The molecule has 1 atom stereocenters. The standard InChI is InChI=1S/C20H23ClN8O/c1-11(25-20(30)15-18(22)27-29-8-4-5-23-19(15)29)12-9-14(21)13-10-24-26-16(13)17(12)28-6-2-3-7-28/h4,8-11,23H,2-3,5-7H2,1H3,(H2,22,27)(H,24,26)(H,25,30). The monoisotopic (exact) mass is 426 g/mol. The van der Waals surface area contributed by atoms with Crippen molar-refractivity contribution < 1.29 is 4.79 Å². The van der Waals surface area contributed by atoms with Crippen molar-refractivity contribution >= 4 is 51.9 Å². The van der Waals surface area contributed by atoms with Gasteiger partial charge in [-0.3, -0.25) is 9.89 Å². The first-order valence-electron chi connectivity index (χ1n) is 10.0. The van der Waals surface area contributed by atoms with Crippen LogP contribution in [0.5, 0.6) is 0 Å². The Morgan fingerprint density at radius 3 is 2.97 bits per heavy atom. The number of aromatic amines is 1. The summed E-state index contributed by atoms with van der Waals surface area (Å²) in [5.41, 5.74) is 9.28. The van der Waals surface area contributed by atoms with E-state index in [2.05, 4.69) is 30.8 Å². The highest BCUT2D eigenvalue weighted by Gasteiger charge is 2.28. The van der Waals surface area contributed by atoms with Gasteiger partial charge in [0.05, 0.1) is 28.5 Å². The maximum atomic E-state index is 13.1. The summed E-state index contributed by atoms with van der Waals surface area (Å²) < 4.78 is 1.58. The molecule has 10 heteroatoms. The Morgan fingerprint density at radius 1 is 1.37 bits per heavy atom. The second-order valence-electron chi connectivity index (χ2n) is 7.66. The molecule has 2 aliphatic heterocycles. The lowest BCUT2D eigenvalue weighted by Gasteiger charge is -2.26. The van der Waals surface area contributed by atoms with Crippen LogP contribution in [-0.4, -0.2) is 45.5 Å². The quantitative estimate of drug-likeness (QED) is 0.509. The highest BCUT2D eigenvalue weighted by atomic mass is 35.5. The summed E-state index contributed by atoms with van der Waals surface area (Å²) in [5.74, 6) is 0.509. The third-order valence-corrected chi connectivity index (χ3v) is 6.04. The molecule has 0 radical (unpaired) electrons. The lowest BCUT2D eigenvalue weighted by molar-refractivity contribution is 0.0941. The van der Waals surface area contributed by atoms with Gasteiger partial charge in [-0.1, -0.05) is 11.6 Å². The molecule has 5 rings (SSSR count). The van der Waals surface area contributed by atoms with Gasteiger partial charge in [-0.2, -0.15) is 5.10 Å². The van der Waals surface area contributed by atoms with Crippen LogP contribution in [0.4, 0.5) is 17.3 Å². The maximum Gasteiger partial charge on any atom is 0.259 e. The maximum absolute atomic E-state index is 13.1. The molecule has 5 N–H and O–H groups in total. The van der Waals surface area contributed by atoms with Crippen LogP contribution in [0.25, 0.3) is 17.1 Å². The van der Waals surface area contributed by atoms with Crippen molar-refractivity contribution in [1.29, 1.82) is 0 Å². The number of hydrogen-bond donors (Lipinski definition) is 4. The van der Waals surface area contributed by atoms with Gasteiger partial charge < -0.3 is 21.3 Å². The van der Waals surface area contributed by atoms with E-state index < -0.39 is 0 Å². The van der Waals surface area contributed by atoms with Gasteiger partial charge in [-0.05, 0) is 31.9 Å². The Balaban J connectivity index is 1.52. The SMILES string of the molecule is CC(NC(=O)c1c(N)nn2c1NCC=C2)c1cc(Cl)c2cn[nH]c2c1N1CCCC1. The van der Waals surface area contributed by atoms with E-state index in [4.69, 9.17) is 17.3 Å². The number of amides is 1. The van der Waals surface area contributed by atoms with Crippen LogP contribution in [-0.2, 0) is 0 Å². The first-order chi connectivity index (χ1) is 14.5. The van der Waals surface area contributed by atoms with Crippen LogP contribution in [0.15, 0.2) is 18.3 Å². The van der Waals surface area contributed by atoms with Gasteiger partial charge in [0.25, 0.3) is 5.91 Å². The molecule has 1 aromatic carbocycles. The van der Waals surface area contributed by atoms with E-state index in [0.29, 0.717) is 22.9 Å². The number of anilines is 3. The lowest BCUT2D eigenvalue weighted by Crippen LogP contribution is -2.30. The van der Waals surface area contributed by atoms with E-state index in [1.165, 1.54) is 0 Å². The number of aromatic nitrogens is 4. The van der Waals surface area contributed by atoms with Gasteiger partial charge in [0.1, 0.15) is 11.4 Å². The number of nitrogens with two attached hydrogens (primary N) is 1. The van der Waals surface area contributed by atoms with E-state index in [1.807, 2.05) is 19.1 Å². The summed E-state index contributed by atoms with van der Waals surface area (Å²) in [6.07, 6.45) is 7.71. The Hall–Kier alpha value is -3.20. The van der Waals surface area contributed by atoms with Crippen molar-refractivity contribution in [2.75, 3.05) is 35.6 Å². The predicted octanol–water partition coefficient (Wildman–Crippen LogP) is 2.98. The number of carbonyl (C=O) groups is 1. The molecule has 9 nitrogen and oxygen atoms in total. The zero-order valence-corrected chi connectivity index (χ0v) is 17.3. The van der Waals surface area contributed by atoms with E-state index >= 15 is 0 Å². The summed E-state index contributed by atoms with van der Waals surface area (Å²) in [6, 6.07) is 1.63. The molecule has 0 bridgehead atoms. The normalized spacial score (nSPS) is 16.5. The summed E-state index contributed by atoms with van der Waals surface area (Å²) in [5, 5.41) is 19.2. The Kier molecular flexibility index (Phi) is 4.54. The predicted molar refractivity (Wildman–Crippen MR) is 119 cm³/mol. The Bertz CT molecular complexity index is 1160. The van der Waals surface area contributed by atoms with Gasteiger partial charge >= 0.3 is 0 Å². The molecule has 3 aromatic rings. The highest BCUT2D eigenvalue weighted by Crippen LogP contribution is 2.39. The largest absolute Gasteiger partial charge is 0.381 e. The molecule has 0 spiro atoms. The molecule has 0 aliphatic carbocycles. The fourth-order valence-electron chi connectivity index (χ4n) is 4.29. The van der Waals surface area contributed by atoms with Crippen molar-refractivity contribution in [3.8, 4) is 0 Å². The van der Waals surface area contributed by atoms with Gasteiger partial charge in [0.2, 0.25) is 0 Å². The van der Waals surface area contributed by atoms with E-state index in [-0.39, 0.29) is 17.8 Å². The average molecular weight is 427 g/mol. The van der Waals surface area contributed by atoms with Crippen LogP contribution in [0, 0.1) is 0 Å². The molecule has 4 heterocycles. The molecule has 30 heavy (non-hydrogen) atoms. The number of H-pyrrole nitrogens is 1. The molecule has 0 saturated carbocycles.